The van der Waals surface area contributed by atoms with E-state index in [2.05, 4.69) is 21.4 Å². The Labute approximate surface area is 160 Å². The van der Waals surface area contributed by atoms with Crippen molar-refractivity contribution in [3.05, 3.63) is 78.2 Å². The van der Waals surface area contributed by atoms with Gasteiger partial charge in [0.1, 0.15) is 5.75 Å². The number of benzene rings is 1. The highest BCUT2D eigenvalue weighted by molar-refractivity contribution is 5.47. The Balaban J connectivity index is 1.38. The summed E-state index contributed by atoms with van der Waals surface area (Å²) >= 11 is 0. The number of aryl methyl sites for hydroxylation is 2. The van der Waals surface area contributed by atoms with Crippen molar-refractivity contribution in [3.63, 3.8) is 0 Å². The van der Waals surface area contributed by atoms with E-state index in [-0.39, 0.29) is 0 Å². The highest BCUT2D eigenvalue weighted by Crippen LogP contribution is 2.22. The average molecular weight is 363 g/mol. The second-order valence-corrected chi connectivity index (χ2v) is 6.25. The molecule has 3 aromatic rings. The SMILES string of the molecule is Cc1cc(NCCOCCCc2cccnc2)cc(Oc2ccccc2)n1. The van der Waals surface area contributed by atoms with Crippen molar-refractivity contribution in [2.75, 3.05) is 25.1 Å². The van der Waals surface area contributed by atoms with Gasteiger partial charge in [0, 0.05) is 43.0 Å². The molecule has 140 valence electrons. The number of aromatic nitrogens is 2. The number of anilines is 1. The first-order valence-electron chi connectivity index (χ1n) is 9.22. The summed E-state index contributed by atoms with van der Waals surface area (Å²) in [7, 11) is 0. The first kappa shape index (κ1) is 18.9. The van der Waals surface area contributed by atoms with Gasteiger partial charge in [-0.1, -0.05) is 24.3 Å². The quantitative estimate of drug-likeness (QED) is 0.532. The normalized spacial score (nSPS) is 10.6. The maximum Gasteiger partial charge on any atom is 0.221 e. The molecule has 0 aliphatic heterocycles. The monoisotopic (exact) mass is 363 g/mol. The molecule has 0 spiro atoms. The Hall–Kier alpha value is -2.92. The van der Waals surface area contributed by atoms with E-state index in [1.54, 1.807) is 6.20 Å². The topological polar surface area (TPSA) is 56.3 Å². The van der Waals surface area contributed by atoms with Crippen molar-refractivity contribution in [2.45, 2.75) is 19.8 Å². The van der Waals surface area contributed by atoms with Crippen molar-refractivity contribution in [3.8, 4) is 11.6 Å². The average Bonchev–Trinajstić information content (AvgIpc) is 2.68. The van der Waals surface area contributed by atoms with E-state index in [0.717, 1.165) is 43.1 Å². The molecule has 5 heteroatoms. The highest BCUT2D eigenvalue weighted by atomic mass is 16.5. The van der Waals surface area contributed by atoms with Gasteiger partial charge in [-0.15, -0.1) is 0 Å². The van der Waals surface area contributed by atoms with Crippen LogP contribution in [0.25, 0.3) is 0 Å². The molecule has 27 heavy (non-hydrogen) atoms. The molecule has 2 aromatic heterocycles. The summed E-state index contributed by atoms with van der Waals surface area (Å²) < 4.78 is 11.5. The summed E-state index contributed by atoms with van der Waals surface area (Å²) in [5.74, 6) is 1.36. The number of para-hydroxylation sites is 1. The molecule has 3 rings (SSSR count). The van der Waals surface area contributed by atoms with Gasteiger partial charge >= 0.3 is 0 Å². The van der Waals surface area contributed by atoms with E-state index in [1.807, 2.05) is 61.7 Å². The van der Waals surface area contributed by atoms with Gasteiger partial charge in [-0.2, -0.15) is 0 Å². The molecule has 0 aliphatic rings. The van der Waals surface area contributed by atoms with Gasteiger partial charge in [0.05, 0.1) is 6.61 Å². The lowest BCUT2D eigenvalue weighted by Crippen LogP contribution is -2.10. The number of nitrogens with zero attached hydrogens (tertiary/aromatic N) is 2. The largest absolute Gasteiger partial charge is 0.439 e. The Bertz CT molecular complexity index is 810. The zero-order valence-electron chi connectivity index (χ0n) is 15.6. The maximum absolute atomic E-state index is 5.81. The second kappa shape index (κ2) is 10.3. The van der Waals surface area contributed by atoms with Crippen LogP contribution in [0.1, 0.15) is 17.7 Å². The van der Waals surface area contributed by atoms with Crippen LogP contribution >= 0.6 is 0 Å². The fourth-order valence-corrected chi connectivity index (χ4v) is 2.70. The van der Waals surface area contributed by atoms with Crippen molar-refractivity contribution in [1.82, 2.24) is 9.97 Å². The van der Waals surface area contributed by atoms with Crippen LogP contribution < -0.4 is 10.1 Å². The van der Waals surface area contributed by atoms with Crippen LogP contribution in [-0.4, -0.2) is 29.7 Å². The van der Waals surface area contributed by atoms with E-state index in [0.29, 0.717) is 12.5 Å². The van der Waals surface area contributed by atoms with Gasteiger partial charge < -0.3 is 14.8 Å². The van der Waals surface area contributed by atoms with Crippen LogP contribution in [0.5, 0.6) is 11.6 Å². The predicted octanol–water partition coefficient (Wildman–Crippen LogP) is 4.64. The first-order valence-corrected chi connectivity index (χ1v) is 9.22. The standard InChI is InChI=1S/C22H25N3O2/c1-18-15-20(16-22(25-18)27-21-9-3-2-4-10-21)24-12-14-26-13-6-8-19-7-5-11-23-17-19/h2-5,7,9-11,15-17H,6,8,12-14H2,1H3,(H,24,25). The molecular formula is C22H25N3O2. The van der Waals surface area contributed by atoms with E-state index in [4.69, 9.17) is 9.47 Å². The smallest absolute Gasteiger partial charge is 0.221 e. The minimum absolute atomic E-state index is 0.584. The lowest BCUT2D eigenvalue weighted by atomic mass is 10.2. The van der Waals surface area contributed by atoms with Crippen LogP contribution in [-0.2, 0) is 11.2 Å². The van der Waals surface area contributed by atoms with Crippen LogP contribution in [0.4, 0.5) is 5.69 Å². The van der Waals surface area contributed by atoms with Crippen molar-refractivity contribution < 1.29 is 9.47 Å². The number of nitrogens with one attached hydrogen (secondary N) is 1. The molecule has 0 aliphatic carbocycles. The molecule has 0 saturated carbocycles. The summed E-state index contributed by atoms with van der Waals surface area (Å²) in [6, 6.07) is 17.6. The van der Waals surface area contributed by atoms with Crippen molar-refractivity contribution in [1.29, 1.82) is 0 Å². The fraction of sp³-hybridized carbons (Fsp3) is 0.273. The fourth-order valence-electron chi connectivity index (χ4n) is 2.70. The second-order valence-electron chi connectivity index (χ2n) is 6.25. The van der Waals surface area contributed by atoms with E-state index >= 15 is 0 Å². The van der Waals surface area contributed by atoms with E-state index < -0.39 is 0 Å². The highest BCUT2D eigenvalue weighted by Gasteiger charge is 2.03. The van der Waals surface area contributed by atoms with Gasteiger partial charge in [-0.05, 0) is 49.6 Å². The Kier molecular flexibility index (Phi) is 7.18. The molecule has 0 atom stereocenters. The summed E-state index contributed by atoms with van der Waals surface area (Å²) in [6.07, 6.45) is 5.69. The lowest BCUT2D eigenvalue weighted by molar-refractivity contribution is 0.141. The van der Waals surface area contributed by atoms with Crippen LogP contribution in [0.3, 0.4) is 0 Å². The van der Waals surface area contributed by atoms with E-state index in [1.165, 1.54) is 5.56 Å². The maximum atomic E-state index is 5.81. The number of hydrogen-bond donors (Lipinski definition) is 1. The van der Waals surface area contributed by atoms with E-state index in [9.17, 15) is 0 Å². The molecular weight excluding hydrogens is 338 g/mol. The Morgan fingerprint density at radius 3 is 2.70 bits per heavy atom. The van der Waals surface area contributed by atoms with Crippen LogP contribution in [0.2, 0.25) is 0 Å². The molecule has 2 heterocycles. The summed E-state index contributed by atoms with van der Waals surface area (Å²) in [4.78, 5) is 8.55. The first-order chi connectivity index (χ1) is 13.3. The molecule has 0 amide bonds. The molecule has 1 aromatic carbocycles. The number of ether oxygens (including phenoxy) is 2. The third-order valence-electron chi connectivity index (χ3n) is 3.95. The number of hydrogen-bond acceptors (Lipinski definition) is 5. The van der Waals surface area contributed by atoms with Gasteiger partial charge in [0.2, 0.25) is 5.88 Å². The molecule has 0 radical (unpaired) electrons. The zero-order valence-corrected chi connectivity index (χ0v) is 15.6. The zero-order chi connectivity index (χ0) is 18.7. The van der Waals surface area contributed by atoms with Gasteiger partial charge in [-0.3, -0.25) is 4.98 Å². The van der Waals surface area contributed by atoms with Crippen molar-refractivity contribution >= 4 is 5.69 Å². The minimum Gasteiger partial charge on any atom is -0.439 e. The Morgan fingerprint density at radius 1 is 1.00 bits per heavy atom. The molecule has 1 N–H and O–H groups in total. The lowest BCUT2D eigenvalue weighted by Gasteiger charge is -2.11. The summed E-state index contributed by atoms with van der Waals surface area (Å²) in [5.41, 5.74) is 3.13. The van der Waals surface area contributed by atoms with Crippen LogP contribution in [0, 0.1) is 6.92 Å². The minimum atomic E-state index is 0.584. The molecule has 0 unspecified atom stereocenters. The third kappa shape index (κ3) is 6.72. The summed E-state index contributed by atoms with van der Waals surface area (Å²) in [6.45, 7) is 4.09. The molecule has 0 fully saturated rings. The molecule has 5 nitrogen and oxygen atoms in total. The van der Waals surface area contributed by atoms with Crippen molar-refractivity contribution in [2.24, 2.45) is 0 Å². The van der Waals surface area contributed by atoms with Gasteiger partial charge in [-0.25, -0.2) is 4.98 Å². The molecule has 0 saturated heterocycles. The van der Waals surface area contributed by atoms with Gasteiger partial charge in [0.15, 0.2) is 0 Å². The number of pyridine rings is 2. The number of rotatable bonds is 10. The summed E-state index contributed by atoms with van der Waals surface area (Å²) in [5, 5.41) is 3.37. The van der Waals surface area contributed by atoms with Gasteiger partial charge in [0.25, 0.3) is 0 Å². The van der Waals surface area contributed by atoms with Crippen LogP contribution in [0.15, 0.2) is 67.0 Å². The predicted molar refractivity (Wildman–Crippen MR) is 107 cm³/mol. The molecule has 0 bridgehead atoms. The third-order valence-corrected chi connectivity index (χ3v) is 3.95. The Morgan fingerprint density at radius 2 is 1.89 bits per heavy atom.